The molecule has 7 heteroatoms. The molecule has 31 heavy (non-hydrogen) atoms. The molecule has 0 bridgehead atoms. The van der Waals surface area contributed by atoms with Crippen molar-refractivity contribution < 1.29 is 9.67 Å². The number of hydrogen-bond acceptors (Lipinski definition) is 4. The molecule has 1 aromatic carbocycles. The van der Waals surface area contributed by atoms with E-state index in [0.29, 0.717) is 0 Å². The molecule has 1 aromatic heterocycles. The lowest BCUT2D eigenvalue weighted by atomic mass is 9.74. The van der Waals surface area contributed by atoms with Crippen LogP contribution < -0.4 is 9.88 Å². The molecular formula is C24H20BrN5O. The van der Waals surface area contributed by atoms with Gasteiger partial charge >= 0.3 is 0 Å². The zero-order valence-electron chi connectivity index (χ0n) is 16.9. The molecule has 6 nitrogen and oxygen atoms in total. The molecule has 4 rings (SSSR count). The van der Waals surface area contributed by atoms with Gasteiger partial charge in [0.15, 0.2) is 12.4 Å². The Labute approximate surface area is 189 Å². The highest BCUT2D eigenvalue weighted by atomic mass is 79.9. The fourth-order valence-corrected chi connectivity index (χ4v) is 4.62. The fourth-order valence-electron chi connectivity index (χ4n) is 4.35. The zero-order chi connectivity index (χ0) is 22.2. The zero-order valence-corrected chi connectivity index (χ0v) is 18.5. The fraction of sp³-hybridized carbons (Fsp3) is 0.292. The van der Waals surface area contributed by atoms with Crippen LogP contribution in [0.15, 0.2) is 70.1 Å². The standard InChI is InChI=1S/C24H20BrN5O/c1-15-8-10-30(11-9-15)23-21(16-2-6-19(25)7-3-16)20(14-28)22(17(12-26)13-27)29-24(23,31)18-4-5-18/h2-3,6-11,18,21,23,29,31H,4-5H2,1H3/t21-,23-,24+/m1/s1. The topological polar surface area (TPSA) is 106 Å². The normalized spacial score (nSPS) is 25.1. The highest BCUT2D eigenvalue weighted by molar-refractivity contribution is 9.10. The lowest BCUT2D eigenvalue weighted by molar-refractivity contribution is -0.742. The number of aryl methyl sites for hydroxylation is 1. The number of pyridine rings is 1. The van der Waals surface area contributed by atoms with Crippen LogP contribution in [0.25, 0.3) is 5.41 Å². The summed E-state index contributed by atoms with van der Waals surface area (Å²) in [6.07, 6.45) is 5.45. The second-order valence-corrected chi connectivity index (χ2v) is 8.94. The van der Waals surface area contributed by atoms with E-state index in [1.165, 1.54) is 0 Å². The van der Waals surface area contributed by atoms with Gasteiger partial charge in [-0.1, -0.05) is 28.1 Å². The first kappa shape index (κ1) is 21.0. The minimum absolute atomic E-state index is 0.0573. The van der Waals surface area contributed by atoms with Gasteiger partial charge in [-0.05, 0) is 43.0 Å². The van der Waals surface area contributed by atoms with Crippen molar-refractivity contribution in [3.05, 3.63) is 86.6 Å². The Balaban J connectivity index is 2.03. The van der Waals surface area contributed by atoms with Crippen molar-refractivity contribution >= 4 is 21.8 Å². The summed E-state index contributed by atoms with van der Waals surface area (Å²) < 4.78 is 2.82. The van der Waals surface area contributed by atoms with E-state index in [0.717, 1.165) is 28.4 Å². The van der Waals surface area contributed by atoms with E-state index in [-0.39, 0.29) is 22.8 Å². The summed E-state index contributed by atoms with van der Waals surface area (Å²) in [4.78, 5) is 0. The molecule has 2 heterocycles. The summed E-state index contributed by atoms with van der Waals surface area (Å²) in [6.45, 7) is 1.99. The first-order valence-electron chi connectivity index (χ1n) is 9.98. The highest BCUT2D eigenvalue weighted by Gasteiger charge is 2.61. The number of halogens is 1. The maximum atomic E-state index is 12.0. The molecular weight excluding hydrogens is 454 g/mol. The minimum atomic E-state index is -1.42. The highest BCUT2D eigenvalue weighted by Crippen LogP contribution is 2.52. The van der Waals surface area contributed by atoms with Crippen LogP contribution in [0.1, 0.15) is 35.9 Å². The maximum absolute atomic E-state index is 12.0. The van der Waals surface area contributed by atoms with E-state index in [1.807, 2.05) is 72.2 Å². The SMILES string of the molecule is Cc1cc[n+]([C@@H]2[C@H](c3ccc(Br)cc3)C(C#N)=C(C(=C=[N-])C#N)N[C@]2(O)C2CC2)cc1. The second-order valence-electron chi connectivity index (χ2n) is 8.02. The predicted molar refractivity (Wildman–Crippen MR) is 118 cm³/mol. The van der Waals surface area contributed by atoms with Crippen LogP contribution in [-0.2, 0) is 0 Å². The minimum Gasteiger partial charge on any atom is -0.762 e. The Hall–Kier alpha value is -3.22. The smallest absolute Gasteiger partial charge is 0.216 e. The number of nitrogens with zero attached hydrogens (tertiary/aromatic N) is 4. The molecule has 3 atom stereocenters. The van der Waals surface area contributed by atoms with Gasteiger partial charge in [0.25, 0.3) is 0 Å². The molecule has 2 aliphatic rings. The summed E-state index contributed by atoms with van der Waals surface area (Å²) in [6, 6.07) is 15.1. The van der Waals surface area contributed by atoms with Gasteiger partial charge in [0, 0.05) is 22.5 Å². The summed E-state index contributed by atoms with van der Waals surface area (Å²) in [5.41, 5.74) is 0.669. The van der Waals surface area contributed by atoms with E-state index in [9.17, 15) is 21.0 Å². The van der Waals surface area contributed by atoms with Gasteiger partial charge in [0.1, 0.15) is 6.07 Å². The largest absolute Gasteiger partial charge is 0.762 e. The van der Waals surface area contributed by atoms with Crippen LogP contribution in [-0.4, -0.2) is 16.7 Å². The Bertz CT molecular complexity index is 1180. The van der Waals surface area contributed by atoms with E-state index in [1.54, 1.807) is 0 Å². The van der Waals surface area contributed by atoms with Crippen molar-refractivity contribution in [3.8, 4) is 12.1 Å². The Morgan fingerprint density at radius 3 is 2.35 bits per heavy atom. The van der Waals surface area contributed by atoms with Crippen molar-refractivity contribution in [3.63, 3.8) is 0 Å². The summed E-state index contributed by atoms with van der Waals surface area (Å²) in [5.74, 6) is 1.28. The third-order valence-corrected chi connectivity index (χ3v) is 6.56. The maximum Gasteiger partial charge on any atom is 0.216 e. The Morgan fingerprint density at radius 2 is 1.84 bits per heavy atom. The molecule has 2 N–H and O–H groups in total. The van der Waals surface area contributed by atoms with E-state index in [2.05, 4.69) is 27.3 Å². The van der Waals surface area contributed by atoms with Crippen molar-refractivity contribution in [1.82, 2.24) is 5.32 Å². The van der Waals surface area contributed by atoms with E-state index < -0.39 is 17.7 Å². The van der Waals surface area contributed by atoms with Crippen LogP contribution in [0.4, 0.5) is 0 Å². The Morgan fingerprint density at radius 1 is 1.19 bits per heavy atom. The van der Waals surface area contributed by atoms with Crippen LogP contribution >= 0.6 is 15.9 Å². The summed E-state index contributed by atoms with van der Waals surface area (Å²) >= 11 is 3.45. The molecule has 0 amide bonds. The third kappa shape index (κ3) is 3.69. The number of hydrogen-bond donors (Lipinski definition) is 2. The van der Waals surface area contributed by atoms with Gasteiger partial charge in [0.2, 0.25) is 11.8 Å². The molecule has 2 aromatic rings. The number of rotatable bonds is 4. The van der Waals surface area contributed by atoms with Crippen LogP contribution in [0.3, 0.4) is 0 Å². The number of allylic oxidation sites excluding steroid dienone is 2. The van der Waals surface area contributed by atoms with Crippen LogP contribution in [0, 0.1) is 35.5 Å². The number of nitrogens with one attached hydrogen (secondary N) is 1. The van der Waals surface area contributed by atoms with Crippen molar-refractivity contribution in [2.75, 3.05) is 0 Å². The van der Waals surface area contributed by atoms with Crippen molar-refractivity contribution in [2.24, 2.45) is 5.92 Å². The quantitative estimate of drug-likeness (QED) is 0.402. The van der Waals surface area contributed by atoms with E-state index in [4.69, 9.17) is 0 Å². The molecule has 0 radical (unpaired) electrons. The lowest BCUT2D eigenvalue weighted by Gasteiger charge is -2.43. The molecule has 0 saturated heterocycles. The van der Waals surface area contributed by atoms with Gasteiger partial charge in [-0.2, -0.15) is 15.1 Å². The van der Waals surface area contributed by atoms with Gasteiger partial charge in [-0.3, -0.25) is 0 Å². The monoisotopic (exact) mass is 473 g/mol. The molecule has 0 unspecified atom stereocenters. The average molecular weight is 474 g/mol. The lowest BCUT2D eigenvalue weighted by Crippen LogP contribution is -2.66. The first-order chi connectivity index (χ1) is 14.9. The van der Waals surface area contributed by atoms with E-state index >= 15 is 0 Å². The number of nitriles is 2. The molecule has 1 fully saturated rings. The van der Waals surface area contributed by atoms with Gasteiger partial charge in [0.05, 0.1) is 28.8 Å². The van der Waals surface area contributed by atoms with Crippen molar-refractivity contribution in [1.29, 1.82) is 10.5 Å². The molecule has 1 saturated carbocycles. The van der Waals surface area contributed by atoms with Gasteiger partial charge in [-0.25, -0.2) is 5.87 Å². The van der Waals surface area contributed by atoms with Crippen LogP contribution in [0.2, 0.25) is 0 Å². The van der Waals surface area contributed by atoms with Gasteiger partial charge < -0.3 is 15.8 Å². The van der Waals surface area contributed by atoms with Crippen molar-refractivity contribution in [2.45, 2.75) is 37.5 Å². The van der Waals surface area contributed by atoms with Gasteiger partial charge in [-0.15, -0.1) is 0 Å². The predicted octanol–water partition coefficient (Wildman–Crippen LogP) is 3.54. The van der Waals surface area contributed by atoms with Crippen LogP contribution in [0.5, 0.6) is 0 Å². The first-order valence-corrected chi connectivity index (χ1v) is 10.8. The second kappa shape index (κ2) is 8.13. The molecule has 1 aliphatic carbocycles. The third-order valence-electron chi connectivity index (χ3n) is 6.04. The molecule has 1 aliphatic heterocycles. The summed E-state index contributed by atoms with van der Waals surface area (Å²) in [7, 11) is 0. The summed E-state index contributed by atoms with van der Waals surface area (Å²) in [5, 5.41) is 44.3. The number of aliphatic hydroxyl groups is 1. The molecule has 0 spiro atoms. The Kier molecular flexibility index (Phi) is 5.52. The number of aromatic nitrogens is 1. The average Bonchev–Trinajstić information content (AvgIpc) is 3.62. The number of benzene rings is 1. The molecule has 154 valence electrons.